The van der Waals surface area contributed by atoms with E-state index in [0.29, 0.717) is 0 Å². The fourth-order valence-corrected chi connectivity index (χ4v) is 3.14. The lowest BCUT2D eigenvalue weighted by Gasteiger charge is -2.25. The van der Waals surface area contributed by atoms with Gasteiger partial charge in [-0.05, 0) is 49.8 Å². The van der Waals surface area contributed by atoms with Crippen molar-refractivity contribution < 1.29 is 0 Å². The highest BCUT2D eigenvalue weighted by Crippen LogP contribution is 2.34. The lowest BCUT2D eigenvalue weighted by Crippen LogP contribution is -2.26. The average Bonchev–Trinajstić information content (AvgIpc) is 3.31. The minimum atomic E-state index is 0.772. The normalized spacial score (nSPS) is 18.3. The second kappa shape index (κ2) is 6.48. The smallest absolute Gasteiger partial charge is 0.0380 e. The van der Waals surface area contributed by atoms with Crippen LogP contribution in [0.25, 0.3) is 0 Å². The van der Waals surface area contributed by atoms with Gasteiger partial charge in [0.05, 0.1) is 0 Å². The number of unbranched alkanes of at least 4 members (excludes halogenated alkanes) is 1. The van der Waals surface area contributed by atoms with Gasteiger partial charge in [0.2, 0.25) is 0 Å². The maximum atomic E-state index is 3.76. The lowest BCUT2D eigenvalue weighted by atomic mass is 10.1. The molecule has 0 heterocycles. The molecule has 0 aliphatic heterocycles. The largest absolute Gasteiger partial charge is 0.369 e. The molecule has 1 N–H and O–H groups in total. The molecule has 0 amide bonds. The summed E-state index contributed by atoms with van der Waals surface area (Å²) in [4.78, 5) is 2.60. The van der Waals surface area contributed by atoms with E-state index in [1.807, 2.05) is 0 Å². The van der Waals surface area contributed by atoms with Crippen LogP contribution in [0.2, 0.25) is 0 Å². The number of halogens is 1. The van der Waals surface area contributed by atoms with E-state index in [9.17, 15) is 0 Å². The van der Waals surface area contributed by atoms with E-state index in [0.717, 1.165) is 18.6 Å². The Morgan fingerprint density at radius 3 is 2.65 bits per heavy atom. The summed E-state index contributed by atoms with van der Waals surface area (Å²) in [5.41, 5.74) is 2.77. The monoisotopic (exact) mass is 336 g/mol. The van der Waals surface area contributed by atoms with E-state index >= 15 is 0 Å². The van der Waals surface area contributed by atoms with Gasteiger partial charge in [-0.1, -0.05) is 35.3 Å². The molecule has 0 bridgehead atoms. The molecule has 1 aromatic carbocycles. The van der Waals surface area contributed by atoms with E-state index in [-0.39, 0.29) is 0 Å². The zero-order chi connectivity index (χ0) is 13.9. The molecule has 20 heavy (non-hydrogen) atoms. The second-order valence-electron chi connectivity index (χ2n) is 6.21. The quantitative estimate of drug-likeness (QED) is 0.753. The van der Waals surface area contributed by atoms with Crippen LogP contribution in [-0.2, 0) is 6.54 Å². The molecule has 1 aromatic rings. The summed E-state index contributed by atoms with van der Waals surface area (Å²) in [6.45, 7) is 4.46. The van der Waals surface area contributed by atoms with Crippen LogP contribution in [0.3, 0.4) is 0 Å². The summed E-state index contributed by atoms with van der Waals surface area (Å²) in [7, 11) is 0. The Morgan fingerprint density at radius 1 is 1.25 bits per heavy atom. The van der Waals surface area contributed by atoms with Crippen molar-refractivity contribution in [1.82, 2.24) is 5.32 Å². The lowest BCUT2D eigenvalue weighted by molar-refractivity contribution is 0.685. The zero-order valence-electron chi connectivity index (χ0n) is 12.4. The highest BCUT2D eigenvalue weighted by Gasteiger charge is 2.29. The molecular formula is C17H25BrN2. The van der Waals surface area contributed by atoms with Gasteiger partial charge in [0.25, 0.3) is 0 Å². The van der Waals surface area contributed by atoms with Crippen LogP contribution in [0.1, 0.15) is 51.0 Å². The fourth-order valence-electron chi connectivity index (χ4n) is 2.64. The number of hydrogen-bond donors (Lipinski definition) is 1. The van der Waals surface area contributed by atoms with Crippen molar-refractivity contribution in [2.24, 2.45) is 0 Å². The molecule has 2 aliphatic carbocycles. The average molecular weight is 337 g/mol. The summed E-state index contributed by atoms with van der Waals surface area (Å²) < 4.78 is 1.25. The molecule has 110 valence electrons. The van der Waals surface area contributed by atoms with Crippen molar-refractivity contribution in [3.8, 4) is 0 Å². The molecule has 0 unspecified atom stereocenters. The number of hydrogen-bond acceptors (Lipinski definition) is 2. The van der Waals surface area contributed by atoms with Crippen LogP contribution in [0.5, 0.6) is 0 Å². The van der Waals surface area contributed by atoms with Crippen molar-refractivity contribution in [2.75, 3.05) is 11.4 Å². The summed E-state index contributed by atoms with van der Waals surface area (Å²) in [6, 6.07) is 8.48. The van der Waals surface area contributed by atoms with Crippen LogP contribution < -0.4 is 10.2 Å². The summed E-state index contributed by atoms with van der Waals surface area (Å²) >= 11 is 3.76. The van der Waals surface area contributed by atoms with Gasteiger partial charge in [0, 0.05) is 35.3 Å². The van der Waals surface area contributed by atoms with Crippen molar-refractivity contribution in [2.45, 2.75) is 64.1 Å². The third-order valence-corrected chi connectivity index (χ3v) is 5.01. The molecule has 2 fully saturated rings. The van der Waals surface area contributed by atoms with E-state index < -0.39 is 0 Å². The summed E-state index contributed by atoms with van der Waals surface area (Å²) in [5, 5.41) is 3.59. The number of anilines is 1. The van der Waals surface area contributed by atoms with Crippen LogP contribution in [-0.4, -0.2) is 18.6 Å². The minimum absolute atomic E-state index is 0.772. The molecule has 2 nitrogen and oxygen atoms in total. The number of benzene rings is 1. The van der Waals surface area contributed by atoms with Crippen LogP contribution in [0, 0.1) is 0 Å². The second-order valence-corrected chi connectivity index (χ2v) is 7.06. The maximum Gasteiger partial charge on any atom is 0.0380 e. The van der Waals surface area contributed by atoms with Gasteiger partial charge in [0.15, 0.2) is 0 Å². The van der Waals surface area contributed by atoms with Gasteiger partial charge in [-0.25, -0.2) is 0 Å². The Morgan fingerprint density at radius 2 is 2.05 bits per heavy atom. The SMILES string of the molecule is CCCCN(c1ccc(CNC2CC2)c(Br)c1)C1CC1. The molecular weight excluding hydrogens is 312 g/mol. The van der Waals surface area contributed by atoms with E-state index in [1.54, 1.807) is 0 Å². The Kier molecular flexibility index (Phi) is 4.67. The van der Waals surface area contributed by atoms with Gasteiger partial charge in [-0.3, -0.25) is 0 Å². The first-order chi connectivity index (χ1) is 9.78. The Balaban J connectivity index is 1.66. The van der Waals surface area contributed by atoms with Crippen molar-refractivity contribution in [3.63, 3.8) is 0 Å². The van der Waals surface area contributed by atoms with Gasteiger partial charge >= 0.3 is 0 Å². The molecule has 3 rings (SSSR count). The highest BCUT2D eigenvalue weighted by atomic mass is 79.9. The first-order valence-corrected chi connectivity index (χ1v) is 8.85. The molecule has 0 spiro atoms. The van der Waals surface area contributed by atoms with Crippen LogP contribution in [0.4, 0.5) is 5.69 Å². The summed E-state index contributed by atoms with van der Waals surface area (Å²) in [6.07, 6.45) is 8.00. The van der Waals surface area contributed by atoms with Crippen LogP contribution in [0.15, 0.2) is 22.7 Å². The Bertz CT molecular complexity index is 452. The highest BCUT2D eigenvalue weighted by molar-refractivity contribution is 9.10. The third-order valence-electron chi connectivity index (χ3n) is 4.27. The van der Waals surface area contributed by atoms with E-state index in [4.69, 9.17) is 0 Å². The van der Waals surface area contributed by atoms with E-state index in [2.05, 4.69) is 51.3 Å². The number of rotatable bonds is 8. The number of nitrogens with zero attached hydrogens (tertiary/aromatic N) is 1. The predicted molar refractivity (Wildman–Crippen MR) is 89.3 cm³/mol. The molecule has 3 heteroatoms. The van der Waals surface area contributed by atoms with Crippen molar-refractivity contribution >= 4 is 21.6 Å². The molecule has 0 radical (unpaired) electrons. The van der Waals surface area contributed by atoms with Gasteiger partial charge in [0.1, 0.15) is 0 Å². The molecule has 2 saturated carbocycles. The first-order valence-electron chi connectivity index (χ1n) is 8.06. The predicted octanol–water partition coefficient (Wildman–Crippen LogP) is 4.47. The fraction of sp³-hybridized carbons (Fsp3) is 0.647. The number of nitrogens with one attached hydrogen (secondary N) is 1. The van der Waals surface area contributed by atoms with E-state index in [1.165, 1.54) is 60.8 Å². The maximum absolute atomic E-state index is 3.76. The van der Waals surface area contributed by atoms with Gasteiger partial charge in [-0.2, -0.15) is 0 Å². The topological polar surface area (TPSA) is 15.3 Å². The molecule has 0 aromatic heterocycles. The zero-order valence-corrected chi connectivity index (χ0v) is 14.0. The third kappa shape index (κ3) is 3.76. The molecule has 0 atom stereocenters. The van der Waals surface area contributed by atoms with Crippen LogP contribution >= 0.6 is 15.9 Å². The van der Waals surface area contributed by atoms with Crippen molar-refractivity contribution in [3.05, 3.63) is 28.2 Å². The van der Waals surface area contributed by atoms with Gasteiger partial charge < -0.3 is 10.2 Å². The van der Waals surface area contributed by atoms with Gasteiger partial charge in [-0.15, -0.1) is 0 Å². The first kappa shape index (κ1) is 14.4. The molecule has 2 aliphatic rings. The Labute approximate surface area is 131 Å². The summed E-state index contributed by atoms with van der Waals surface area (Å²) in [5.74, 6) is 0. The van der Waals surface area contributed by atoms with Crippen molar-refractivity contribution in [1.29, 1.82) is 0 Å². The standard InChI is InChI=1S/C17H25BrN2/c1-2-3-10-20(15-8-9-15)16-7-4-13(17(18)11-16)12-19-14-5-6-14/h4,7,11,14-15,19H,2-3,5-6,8-10,12H2,1H3. The Hall–Kier alpha value is -0.540. The molecule has 0 saturated heterocycles. The minimum Gasteiger partial charge on any atom is -0.369 e.